The van der Waals surface area contributed by atoms with Gasteiger partial charge in [-0.15, -0.1) is 10.2 Å². The van der Waals surface area contributed by atoms with E-state index in [2.05, 4.69) is 20.8 Å². The van der Waals surface area contributed by atoms with Gasteiger partial charge in [-0.25, -0.2) is 0 Å². The lowest BCUT2D eigenvalue weighted by Gasteiger charge is -2.16. The maximum Gasteiger partial charge on any atom is 0.251 e. The van der Waals surface area contributed by atoms with E-state index in [1.54, 1.807) is 67.3 Å². The molecular formula is C23H27N5O5S. The van der Waals surface area contributed by atoms with Crippen LogP contribution in [-0.2, 0) is 11.8 Å². The predicted octanol–water partition coefficient (Wildman–Crippen LogP) is 2.42. The van der Waals surface area contributed by atoms with Crippen LogP contribution in [0.25, 0.3) is 0 Å². The SMILES string of the molecule is CCOc1ccc(NC(=O)CSc2nnc([C@@H](CO)NC(=O)c3ccc(OC)cc3)n2C)cc1. The Morgan fingerprint density at radius 1 is 1.09 bits per heavy atom. The molecule has 1 atom stereocenters. The largest absolute Gasteiger partial charge is 0.497 e. The quantitative estimate of drug-likeness (QED) is 0.353. The van der Waals surface area contributed by atoms with Crippen molar-refractivity contribution < 1.29 is 24.2 Å². The van der Waals surface area contributed by atoms with Crippen LogP contribution in [-0.4, -0.2) is 57.8 Å². The number of ether oxygens (including phenoxy) is 2. The molecule has 3 aromatic rings. The Labute approximate surface area is 201 Å². The Bertz CT molecular complexity index is 1100. The van der Waals surface area contributed by atoms with Gasteiger partial charge in [-0.05, 0) is 55.5 Å². The van der Waals surface area contributed by atoms with E-state index in [1.165, 1.54) is 11.8 Å². The van der Waals surface area contributed by atoms with Gasteiger partial charge < -0.3 is 29.8 Å². The molecule has 34 heavy (non-hydrogen) atoms. The number of hydrogen-bond donors (Lipinski definition) is 3. The van der Waals surface area contributed by atoms with Crippen LogP contribution in [0, 0.1) is 0 Å². The zero-order chi connectivity index (χ0) is 24.5. The molecule has 3 rings (SSSR count). The fourth-order valence-electron chi connectivity index (χ4n) is 3.06. The van der Waals surface area contributed by atoms with Gasteiger partial charge in [0.25, 0.3) is 5.91 Å². The monoisotopic (exact) mass is 485 g/mol. The second-order valence-corrected chi connectivity index (χ2v) is 8.07. The van der Waals surface area contributed by atoms with Gasteiger partial charge in [0.1, 0.15) is 17.5 Å². The van der Waals surface area contributed by atoms with Gasteiger partial charge in [-0.3, -0.25) is 9.59 Å². The van der Waals surface area contributed by atoms with Crippen molar-refractivity contribution in [2.75, 3.05) is 31.4 Å². The van der Waals surface area contributed by atoms with E-state index in [1.807, 2.05) is 6.92 Å². The molecule has 0 saturated heterocycles. The lowest BCUT2D eigenvalue weighted by atomic mass is 10.2. The highest BCUT2D eigenvalue weighted by Gasteiger charge is 2.22. The number of carbonyl (C=O) groups is 2. The molecule has 0 unspecified atom stereocenters. The lowest BCUT2D eigenvalue weighted by molar-refractivity contribution is -0.113. The van der Waals surface area contributed by atoms with Gasteiger partial charge in [-0.2, -0.15) is 0 Å². The van der Waals surface area contributed by atoms with Crippen molar-refractivity contribution in [1.82, 2.24) is 20.1 Å². The van der Waals surface area contributed by atoms with E-state index < -0.39 is 6.04 Å². The lowest BCUT2D eigenvalue weighted by Crippen LogP contribution is -2.32. The second-order valence-electron chi connectivity index (χ2n) is 7.13. The number of anilines is 1. The molecule has 0 aliphatic heterocycles. The normalized spacial score (nSPS) is 11.5. The Morgan fingerprint density at radius 2 is 1.76 bits per heavy atom. The summed E-state index contributed by atoms with van der Waals surface area (Å²) in [5.41, 5.74) is 1.08. The predicted molar refractivity (Wildman–Crippen MR) is 128 cm³/mol. The molecule has 1 heterocycles. The minimum Gasteiger partial charge on any atom is -0.497 e. The molecule has 0 aliphatic carbocycles. The molecule has 180 valence electrons. The molecule has 2 amide bonds. The maximum absolute atomic E-state index is 12.6. The summed E-state index contributed by atoms with van der Waals surface area (Å²) < 4.78 is 12.1. The van der Waals surface area contributed by atoms with E-state index in [-0.39, 0.29) is 24.2 Å². The summed E-state index contributed by atoms with van der Waals surface area (Å²) in [7, 11) is 3.26. The number of nitrogens with one attached hydrogen (secondary N) is 2. The molecule has 0 saturated carbocycles. The van der Waals surface area contributed by atoms with Crippen molar-refractivity contribution in [2.24, 2.45) is 7.05 Å². The number of carbonyl (C=O) groups excluding carboxylic acids is 2. The summed E-state index contributed by atoms with van der Waals surface area (Å²) in [5.74, 6) is 1.29. The zero-order valence-electron chi connectivity index (χ0n) is 19.1. The van der Waals surface area contributed by atoms with Gasteiger partial charge >= 0.3 is 0 Å². The number of aromatic nitrogens is 3. The Morgan fingerprint density at radius 3 is 2.38 bits per heavy atom. The van der Waals surface area contributed by atoms with Crippen LogP contribution in [0.2, 0.25) is 0 Å². The van der Waals surface area contributed by atoms with Crippen LogP contribution in [0.15, 0.2) is 53.7 Å². The van der Waals surface area contributed by atoms with Crippen LogP contribution < -0.4 is 20.1 Å². The number of aliphatic hydroxyl groups is 1. The molecule has 0 aliphatic rings. The summed E-state index contributed by atoms with van der Waals surface area (Å²) in [6.45, 7) is 2.11. The molecule has 0 spiro atoms. The van der Waals surface area contributed by atoms with Crippen molar-refractivity contribution in [3.63, 3.8) is 0 Å². The number of methoxy groups -OCH3 is 1. The van der Waals surface area contributed by atoms with Crippen LogP contribution in [0.1, 0.15) is 29.1 Å². The average Bonchev–Trinajstić information content (AvgIpc) is 3.22. The van der Waals surface area contributed by atoms with Gasteiger partial charge in [0.05, 0.1) is 26.1 Å². The third-order valence-corrected chi connectivity index (χ3v) is 5.82. The number of benzene rings is 2. The standard InChI is InChI=1S/C23H27N5O5S/c1-4-33-18-11-7-16(8-12-18)24-20(30)14-34-23-27-26-21(28(23)2)19(13-29)25-22(31)15-5-9-17(32-3)10-6-15/h5-12,19,29H,4,13-14H2,1-3H3,(H,24,30)(H,25,31)/t19-/m1/s1. The molecule has 11 heteroatoms. The van der Waals surface area contributed by atoms with Crippen molar-refractivity contribution in [3.8, 4) is 11.5 Å². The first-order valence-electron chi connectivity index (χ1n) is 10.6. The second kappa shape index (κ2) is 12.1. The van der Waals surface area contributed by atoms with Crippen molar-refractivity contribution in [3.05, 3.63) is 59.9 Å². The van der Waals surface area contributed by atoms with Crippen molar-refractivity contribution >= 4 is 29.3 Å². The molecule has 10 nitrogen and oxygen atoms in total. The Hall–Kier alpha value is -3.57. The minimum absolute atomic E-state index is 0.112. The summed E-state index contributed by atoms with van der Waals surface area (Å²) in [6, 6.07) is 13.0. The summed E-state index contributed by atoms with van der Waals surface area (Å²) in [5, 5.41) is 24.1. The van der Waals surface area contributed by atoms with Crippen molar-refractivity contribution in [2.45, 2.75) is 18.1 Å². The van der Waals surface area contributed by atoms with Gasteiger partial charge in [0.15, 0.2) is 11.0 Å². The highest BCUT2D eigenvalue weighted by molar-refractivity contribution is 7.99. The van der Waals surface area contributed by atoms with E-state index >= 15 is 0 Å². The number of hydrogen-bond acceptors (Lipinski definition) is 8. The molecule has 1 aromatic heterocycles. The first kappa shape index (κ1) is 25.1. The van der Waals surface area contributed by atoms with E-state index in [0.29, 0.717) is 34.6 Å². The first-order valence-corrected chi connectivity index (χ1v) is 11.5. The highest BCUT2D eigenvalue weighted by atomic mass is 32.2. The number of aliphatic hydroxyl groups excluding tert-OH is 1. The van der Waals surface area contributed by atoms with Crippen LogP contribution >= 0.6 is 11.8 Å². The number of nitrogens with zero attached hydrogens (tertiary/aromatic N) is 3. The van der Waals surface area contributed by atoms with Crippen LogP contribution in [0.4, 0.5) is 5.69 Å². The fraction of sp³-hybridized carbons (Fsp3) is 0.304. The molecule has 0 radical (unpaired) electrons. The van der Waals surface area contributed by atoms with Crippen molar-refractivity contribution in [1.29, 1.82) is 0 Å². The number of thioether (sulfide) groups is 1. The Balaban J connectivity index is 1.57. The smallest absolute Gasteiger partial charge is 0.251 e. The molecular weight excluding hydrogens is 458 g/mol. The topological polar surface area (TPSA) is 128 Å². The maximum atomic E-state index is 12.6. The summed E-state index contributed by atoms with van der Waals surface area (Å²) in [6.07, 6.45) is 0. The van der Waals surface area contributed by atoms with Crippen LogP contribution in [0.3, 0.4) is 0 Å². The third kappa shape index (κ3) is 6.49. The van der Waals surface area contributed by atoms with Gasteiger partial charge in [0.2, 0.25) is 5.91 Å². The molecule has 2 aromatic carbocycles. The number of rotatable bonds is 11. The average molecular weight is 486 g/mol. The first-order chi connectivity index (χ1) is 16.4. The fourth-order valence-corrected chi connectivity index (χ4v) is 3.78. The van der Waals surface area contributed by atoms with Gasteiger partial charge in [-0.1, -0.05) is 11.8 Å². The van der Waals surface area contributed by atoms with Gasteiger partial charge in [0, 0.05) is 18.3 Å². The van der Waals surface area contributed by atoms with E-state index in [9.17, 15) is 14.7 Å². The van der Waals surface area contributed by atoms with E-state index in [0.717, 1.165) is 5.75 Å². The van der Waals surface area contributed by atoms with E-state index in [4.69, 9.17) is 9.47 Å². The zero-order valence-corrected chi connectivity index (χ0v) is 20.0. The van der Waals surface area contributed by atoms with Crippen LogP contribution in [0.5, 0.6) is 11.5 Å². The molecule has 0 fully saturated rings. The molecule has 0 bridgehead atoms. The minimum atomic E-state index is -0.765. The Kier molecular flexibility index (Phi) is 8.88. The summed E-state index contributed by atoms with van der Waals surface area (Å²) in [4.78, 5) is 24.9. The molecule has 3 N–H and O–H groups in total. The number of amides is 2. The third-order valence-electron chi connectivity index (χ3n) is 4.80. The summed E-state index contributed by atoms with van der Waals surface area (Å²) >= 11 is 1.20. The highest BCUT2D eigenvalue weighted by Crippen LogP contribution is 2.21.